The Balaban J connectivity index is 0.00000364. The molecule has 2 aromatic carbocycles. The maximum absolute atomic E-state index is 12.2. The van der Waals surface area contributed by atoms with E-state index in [9.17, 15) is 4.79 Å². The molecule has 1 unspecified atom stereocenters. The number of carbonyl (C=O) groups excluding carboxylic acids is 1. The smallest absolute Gasteiger partial charge is 0.241 e. The van der Waals surface area contributed by atoms with Crippen LogP contribution in [-0.2, 0) is 11.3 Å². The van der Waals surface area contributed by atoms with Gasteiger partial charge in [-0.2, -0.15) is 0 Å². The Morgan fingerprint density at radius 1 is 1.07 bits per heavy atom. The Hall–Kier alpha value is -1.79. The first-order chi connectivity index (χ1) is 12.5. The summed E-state index contributed by atoms with van der Waals surface area (Å²) in [6, 6.07) is 14.8. The van der Waals surface area contributed by atoms with E-state index in [-0.39, 0.29) is 30.7 Å². The SMILES string of the molecule is Cc1ccc(C(N)C(=O)NCc2ccc(OCCCN(C)C)cc2)cc1.Cl.Cl. The first-order valence-corrected chi connectivity index (χ1v) is 8.92. The van der Waals surface area contributed by atoms with Crippen LogP contribution in [0.15, 0.2) is 48.5 Å². The summed E-state index contributed by atoms with van der Waals surface area (Å²) in [6.45, 7) is 4.15. The summed E-state index contributed by atoms with van der Waals surface area (Å²) in [6.07, 6.45) is 0.988. The second-order valence-corrected chi connectivity index (χ2v) is 6.76. The van der Waals surface area contributed by atoms with Crippen LogP contribution >= 0.6 is 24.8 Å². The van der Waals surface area contributed by atoms with Gasteiger partial charge in [0.05, 0.1) is 6.61 Å². The van der Waals surface area contributed by atoms with Gasteiger partial charge in [0.2, 0.25) is 5.91 Å². The molecule has 5 nitrogen and oxygen atoms in total. The molecule has 0 aromatic heterocycles. The van der Waals surface area contributed by atoms with E-state index in [0.717, 1.165) is 35.4 Å². The largest absolute Gasteiger partial charge is 0.494 e. The summed E-state index contributed by atoms with van der Waals surface area (Å²) in [4.78, 5) is 14.4. The maximum Gasteiger partial charge on any atom is 0.241 e. The Morgan fingerprint density at radius 3 is 2.25 bits per heavy atom. The molecule has 0 aliphatic carbocycles. The van der Waals surface area contributed by atoms with Gasteiger partial charge in [0, 0.05) is 13.1 Å². The normalized spacial score (nSPS) is 11.2. The molecular formula is C21H31Cl2N3O2. The number of rotatable bonds is 9. The van der Waals surface area contributed by atoms with Gasteiger partial charge in [0.25, 0.3) is 0 Å². The van der Waals surface area contributed by atoms with Crippen molar-refractivity contribution < 1.29 is 9.53 Å². The minimum Gasteiger partial charge on any atom is -0.494 e. The molecule has 0 saturated heterocycles. The summed E-state index contributed by atoms with van der Waals surface area (Å²) in [7, 11) is 4.10. The van der Waals surface area contributed by atoms with E-state index in [1.807, 2.05) is 69.6 Å². The van der Waals surface area contributed by atoms with Crippen LogP contribution in [0.2, 0.25) is 0 Å². The van der Waals surface area contributed by atoms with Gasteiger partial charge in [-0.25, -0.2) is 0 Å². The van der Waals surface area contributed by atoms with E-state index in [4.69, 9.17) is 10.5 Å². The van der Waals surface area contributed by atoms with Gasteiger partial charge in [-0.05, 0) is 50.7 Å². The number of nitrogens with two attached hydrogens (primary N) is 1. The molecule has 1 amide bonds. The van der Waals surface area contributed by atoms with E-state index in [2.05, 4.69) is 10.2 Å². The number of aryl methyl sites for hydroxylation is 1. The predicted molar refractivity (Wildman–Crippen MR) is 120 cm³/mol. The molecule has 2 rings (SSSR count). The number of ether oxygens (including phenoxy) is 1. The fraction of sp³-hybridized carbons (Fsp3) is 0.381. The van der Waals surface area contributed by atoms with Crippen molar-refractivity contribution in [2.45, 2.75) is 25.9 Å². The summed E-state index contributed by atoms with van der Waals surface area (Å²) in [5.74, 6) is 0.660. The lowest BCUT2D eigenvalue weighted by Crippen LogP contribution is -2.33. The molecule has 0 bridgehead atoms. The Kier molecular flexibility index (Phi) is 12.5. The lowest BCUT2D eigenvalue weighted by atomic mass is 10.1. The number of halogens is 2. The highest BCUT2D eigenvalue weighted by Gasteiger charge is 2.15. The predicted octanol–water partition coefficient (Wildman–Crippen LogP) is 3.49. The molecular weight excluding hydrogens is 397 g/mol. The molecule has 0 aliphatic heterocycles. The van der Waals surface area contributed by atoms with Gasteiger partial charge in [-0.1, -0.05) is 42.0 Å². The van der Waals surface area contributed by atoms with E-state index >= 15 is 0 Å². The highest BCUT2D eigenvalue weighted by molar-refractivity contribution is 5.85. The fourth-order valence-electron chi connectivity index (χ4n) is 2.50. The van der Waals surface area contributed by atoms with Crippen molar-refractivity contribution in [2.24, 2.45) is 5.73 Å². The van der Waals surface area contributed by atoms with E-state index in [0.29, 0.717) is 13.2 Å². The fourth-order valence-corrected chi connectivity index (χ4v) is 2.50. The van der Waals surface area contributed by atoms with Crippen LogP contribution in [0.3, 0.4) is 0 Å². The second kappa shape index (κ2) is 13.4. The minimum atomic E-state index is -0.657. The monoisotopic (exact) mass is 427 g/mol. The van der Waals surface area contributed by atoms with Crippen molar-refractivity contribution in [3.05, 3.63) is 65.2 Å². The van der Waals surface area contributed by atoms with Crippen molar-refractivity contribution >= 4 is 30.7 Å². The number of carbonyl (C=O) groups is 1. The first-order valence-electron chi connectivity index (χ1n) is 8.92. The highest BCUT2D eigenvalue weighted by atomic mass is 35.5. The second-order valence-electron chi connectivity index (χ2n) is 6.76. The lowest BCUT2D eigenvalue weighted by molar-refractivity contribution is -0.122. The third-order valence-corrected chi connectivity index (χ3v) is 4.13. The minimum absolute atomic E-state index is 0. The zero-order chi connectivity index (χ0) is 18.9. The maximum atomic E-state index is 12.2. The third-order valence-electron chi connectivity index (χ3n) is 4.13. The first kappa shape index (κ1) is 26.2. The van der Waals surface area contributed by atoms with Gasteiger partial charge < -0.3 is 20.7 Å². The van der Waals surface area contributed by atoms with Crippen LogP contribution < -0.4 is 15.8 Å². The van der Waals surface area contributed by atoms with Gasteiger partial charge >= 0.3 is 0 Å². The number of amides is 1. The van der Waals surface area contributed by atoms with Gasteiger partial charge in [-0.3, -0.25) is 4.79 Å². The van der Waals surface area contributed by atoms with Crippen LogP contribution in [-0.4, -0.2) is 38.1 Å². The highest BCUT2D eigenvalue weighted by Crippen LogP contribution is 2.14. The average molecular weight is 428 g/mol. The average Bonchev–Trinajstić information content (AvgIpc) is 2.64. The third kappa shape index (κ3) is 8.93. The Morgan fingerprint density at radius 2 is 1.68 bits per heavy atom. The number of nitrogens with zero attached hydrogens (tertiary/aromatic N) is 1. The number of hydrogen-bond acceptors (Lipinski definition) is 4. The van der Waals surface area contributed by atoms with Gasteiger partial charge in [-0.15, -0.1) is 24.8 Å². The van der Waals surface area contributed by atoms with Crippen LogP contribution in [0.25, 0.3) is 0 Å². The Labute approximate surface area is 180 Å². The van der Waals surface area contributed by atoms with E-state index < -0.39 is 6.04 Å². The van der Waals surface area contributed by atoms with Crippen molar-refractivity contribution in [3.8, 4) is 5.75 Å². The zero-order valence-corrected chi connectivity index (χ0v) is 18.3. The van der Waals surface area contributed by atoms with Crippen LogP contribution in [0.4, 0.5) is 0 Å². The van der Waals surface area contributed by atoms with Gasteiger partial charge in [0.15, 0.2) is 0 Å². The van der Waals surface area contributed by atoms with Crippen molar-refractivity contribution in [1.29, 1.82) is 0 Å². The molecule has 28 heavy (non-hydrogen) atoms. The Bertz CT molecular complexity index is 692. The van der Waals surface area contributed by atoms with E-state index in [1.165, 1.54) is 0 Å². The van der Waals surface area contributed by atoms with Crippen LogP contribution in [0, 0.1) is 6.92 Å². The molecule has 0 aliphatic rings. The molecule has 1 atom stereocenters. The quantitative estimate of drug-likeness (QED) is 0.600. The molecule has 0 spiro atoms. The zero-order valence-electron chi connectivity index (χ0n) is 16.7. The van der Waals surface area contributed by atoms with Crippen LogP contribution in [0.1, 0.15) is 29.2 Å². The van der Waals surface area contributed by atoms with Crippen molar-refractivity contribution in [3.63, 3.8) is 0 Å². The molecule has 3 N–H and O–H groups in total. The number of nitrogens with one attached hydrogen (secondary N) is 1. The molecule has 0 heterocycles. The summed E-state index contributed by atoms with van der Waals surface area (Å²) >= 11 is 0. The van der Waals surface area contributed by atoms with Crippen LogP contribution in [0.5, 0.6) is 5.75 Å². The molecule has 0 saturated carbocycles. The number of benzene rings is 2. The summed E-state index contributed by atoms with van der Waals surface area (Å²) in [5.41, 5.74) is 9.00. The molecule has 156 valence electrons. The topological polar surface area (TPSA) is 67.6 Å². The standard InChI is InChI=1S/C21H29N3O2.2ClH/c1-16-5-9-18(10-6-16)20(22)21(25)23-15-17-7-11-19(12-8-17)26-14-4-13-24(2)3;;/h5-12,20H,4,13-15,22H2,1-3H3,(H,23,25);2*1H. The van der Waals surface area contributed by atoms with Crippen molar-refractivity contribution in [1.82, 2.24) is 10.2 Å². The molecule has 0 fully saturated rings. The molecule has 0 radical (unpaired) electrons. The number of hydrogen-bond donors (Lipinski definition) is 2. The molecule has 7 heteroatoms. The van der Waals surface area contributed by atoms with Crippen molar-refractivity contribution in [2.75, 3.05) is 27.2 Å². The van der Waals surface area contributed by atoms with Gasteiger partial charge in [0.1, 0.15) is 11.8 Å². The van der Waals surface area contributed by atoms with E-state index in [1.54, 1.807) is 0 Å². The summed E-state index contributed by atoms with van der Waals surface area (Å²) < 4.78 is 5.71. The lowest BCUT2D eigenvalue weighted by Gasteiger charge is -2.13. The molecule has 2 aromatic rings. The summed E-state index contributed by atoms with van der Waals surface area (Å²) in [5, 5.41) is 2.89.